The Kier molecular flexibility index (Phi) is 38.4. The minimum atomic E-state index is 0.869. The largest absolute Gasteiger partial charge is 0.0808 e. The molecule has 0 aromatic carbocycles. The zero-order valence-corrected chi connectivity index (χ0v) is 34.4. The number of halogens is 1. The molecule has 0 bridgehead atoms. The van der Waals surface area contributed by atoms with Crippen molar-refractivity contribution in [1.29, 1.82) is 0 Å². The quantitative estimate of drug-likeness (QED) is 0.140. The van der Waals surface area contributed by atoms with Gasteiger partial charge in [-0.1, -0.05) is 34.1 Å². The third kappa shape index (κ3) is 47.7. The molecule has 0 spiro atoms. The van der Waals surface area contributed by atoms with Crippen LogP contribution in [0.25, 0.3) is 0 Å². The van der Waals surface area contributed by atoms with Crippen LogP contribution < -0.4 is 0 Å². The Labute approximate surface area is 376 Å². The Morgan fingerprint density at radius 3 is 0.444 bits per heavy atom. The van der Waals surface area contributed by atoms with Gasteiger partial charge in [0.15, 0.2) is 0 Å². The van der Waals surface area contributed by atoms with Crippen molar-refractivity contribution in [2.24, 2.45) is 0 Å². The van der Waals surface area contributed by atoms with Crippen molar-refractivity contribution in [1.82, 2.24) is 0 Å². The first-order valence-corrected chi connectivity index (χ1v) is 17.5. The summed E-state index contributed by atoms with van der Waals surface area (Å²) in [5.74, 6) is 0. The molecule has 0 saturated heterocycles. The summed E-state index contributed by atoms with van der Waals surface area (Å²) in [7, 11) is 0. The molecule has 0 unspecified atom stereocenters. The van der Waals surface area contributed by atoms with Crippen LogP contribution in [0.2, 0.25) is 0 Å². The number of allylic oxidation sites excluding steroid dienone is 1. The van der Waals surface area contributed by atoms with Gasteiger partial charge in [-0.15, -0.1) is 0 Å². The van der Waals surface area contributed by atoms with Gasteiger partial charge in [-0.25, -0.2) is 0 Å². The van der Waals surface area contributed by atoms with Crippen molar-refractivity contribution in [2.45, 2.75) is 6.92 Å². The molecular formula is C62H7I. The minimum absolute atomic E-state index is 0.869. The van der Waals surface area contributed by atoms with Gasteiger partial charge in [0.25, 0.3) is 0 Å². The van der Waals surface area contributed by atoms with Crippen LogP contribution in [-0.4, -0.2) is 4.43 Å². The lowest BCUT2D eigenvalue weighted by Gasteiger charge is -1.78. The molecular weight excluding hydrogens is 872 g/mol. The SMILES string of the molecule is C=C=C=C=C=C=C=C=C=C=C=C=C=C=C=C=C=C=C=C=C=C=C=C=C=C=C=C=C=C=C=C=C=C=C=C=C=C=C=C=C=C=C=C=C=C=C=C=C=C=C=C=C=C=C=C=C=C=C=C(C)CI. The van der Waals surface area contributed by atoms with E-state index in [9.17, 15) is 0 Å². The van der Waals surface area contributed by atoms with Gasteiger partial charge in [0, 0.05) is 234 Å². The second-order valence-electron chi connectivity index (χ2n) is 8.22. The topological polar surface area (TPSA) is 0 Å². The third-order valence-electron chi connectivity index (χ3n) is 4.00. The van der Waals surface area contributed by atoms with E-state index in [1.807, 2.05) is 6.92 Å². The van der Waals surface area contributed by atoms with Crippen LogP contribution in [0, 0.1) is 0 Å². The Morgan fingerprint density at radius 1 is 0.222 bits per heavy atom. The number of hydrogen-bond acceptors (Lipinski definition) is 0. The summed E-state index contributed by atoms with van der Waals surface area (Å²) >= 11 is 2.23. The second kappa shape index (κ2) is 47.7. The molecule has 0 atom stereocenters. The molecule has 262 valence electrons. The fraction of sp³-hybridized carbons (Fsp3) is 0.0323. The van der Waals surface area contributed by atoms with Crippen molar-refractivity contribution >= 4 is 22.6 Å². The van der Waals surface area contributed by atoms with Gasteiger partial charge in [-0.2, -0.15) is 0 Å². The van der Waals surface area contributed by atoms with Gasteiger partial charge >= 0.3 is 0 Å². The minimum Gasteiger partial charge on any atom is -0.0808 e. The molecule has 0 amide bonds. The van der Waals surface area contributed by atoms with E-state index in [0.717, 1.165) is 10.0 Å². The van der Waals surface area contributed by atoms with Crippen LogP contribution in [0.5, 0.6) is 0 Å². The maximum Gasteiger partial charge on any atom is 0.0285 e. The lowest BCUT2D eigenvalue weighted by atomic mass is 10.4. The highest BCUT2D eigenvalue weighted by molar-refractivity contribution is 14.1. The molecule has 0 aliphatic carbocycles. The van der Waals surface area contributed by atoms with E-state index < -0.39 is 0 Å². The molecule has 0 heterocycles. The zero-order valence-electron chi connectivity index (χ0n) is 32.3. The smallest absolute Gasteiger partial charge is 0.0285 e. The molecule has 0 aromatic heterocycles. The molecule has 63 heavy (non-hydrogen) atoms. The number of rotatable bonds is 1. The monoisotopic (exact) mass is 878 g/mol. The third-order valence-corrected chi connectivity index (χ3v) is 5.15. The maximum atomic E-state index is 3.32. The van der Waals surface area contributed by atoms with Crippen molar-refractivity contribution in [2.75, 3.05) is 4.43 Å². The molecule has 0 N–H and O–H groups in total. The van der Waals surface area contributed by atoms with Crippen LogP contribution >= 0.6 is 22.6 Å². The van der Waals surface area contributed by atoms with E-state index in [-0.39, 0.29) is 0 Å². The molecule has 0 saturated carbocycles. The van der Waals surface area contributed by atoms with E-state index in [1.54, 1.807) is 0 Å². The summed E-state index contributed by atoms with van der Waals surface area (Å²) in [5, 5.41) is 0. The van der Waals surface area contributed by atoms with Crippen molar-refractivity contribution < 1.29 is 0 Å². The van der Waals surface area contributed by atoms with E-state index in [2.05, 4.69) is 362 Å². The summed E-state index contributed by atoms with van der Waals surface area (Å²) in [6, 6.07) is 0. The van der Waals surface area contributed by atoms with Gasteiger partial charge in [0.2, 0.25) is 0 Å². The van der Waals surface area contributed by atoms with Crippen LogP contribution in [0.3, 0.4) is 0 Å². The van der Waals surface area contributed by atoms with Gasteiger partial charge < -0.3 is 0 Å². The summed E-state index contributed by atoms with van der Waals surface area (Å²) in [4.78, 5) is 0. The molecule has 1 heteroatoms. The highest BCUT2D eigenvalue weighted by Crippen LogP contribution is 1.93. The molecule has 0 aromatic rings. The Bertz CT molecular complexity index is 4420. The van der Waals surface area contributed by atoms with Gasteiger partial charge in [0.1, 0.15) is 0 Å². The average molecular weight is 879 g/mol. The van der Waals surface area contributed by atoms with Gasteiger partial charge in [0.05, 0.1) is 0 Å². The van der Waals surface area contributed by atoms with Crippen LogP contribution in [0.4, 0.5) is 0 Å². The molecule has 0 aliphatic rings. The summed E-state index contributed by atoms with van der Waals surface area (Å²) < 4.78 is 0.869. The normalized spacial score (nSPS) is 4.29. The summed E-state index contributed by atoms with van der Waals surface area (Å²) in [5.41, 5.74) is 147. The van der Waals surface area contributed by atoms with Crippen molar-refractivity contribution in [3.63, 3.8) is 0 Å². The Morgan fingerprint density at radius 2 is 0.333 bits per heavy atom. The lowest BCUT2D eigenvalue weighted by molar-refractivity contribution is 1.46. The fourth-order valence-corrected chi connectivity index (χ4v) is 2.09. The lowest BCUT2D eigenvalue weighted by Crippen LogP contribution is -1.67. The predicted molar refractivity (Wildman–Crippen MR) is 237 cm³/mol. The van der Waals surface area contributed by atoms with Crippen LogP contribution in [-0.2, 0) is 0 Å². The maximum absolute atomic E-state index is 3.32. The first kappa shape index (κ1) is 50.7. The molecule has 0 rings (SSSR count). The zero-order chi connectivity index (χ0) is 45.3. The van der Waals surface area contributed by atoms with E-state index in [4.69, 9.17) is 0 Å². The highest BCUT2D eigenvalue weighted by Gasteiger charge is 1.75. The average Bonchev–Trinajstić information content (AvgIpc) is 3.30. The molecule has 0 aliphatic heterocycles. The second-order valence-corrected chi connectivity index (χ2v) is 8.98. The standard InChI is InChI=1S/C62H7I/c1-3-4-5-6-7-8-9-10-11-12-13-14-15-16-17-18-19-20-21-22-23-24-25-26-27-28-29-30-31-32-33-34-35-36-37-38-39-40-41-42-43-44-45-46-47-48-49-50-51-52-53-54-55-56-57-58-59-60-62(2)61-63/h1,61H2,2H3. The Balaban J connectivity index is 6.11. The van der Waals surface area contributed by atoms with E-state index >= 15 is 0 Å². The number of hydrogen-bond donors (Lipinski definition) is 0. The van der Waals surface area contributed by atoms with Gasteiger partial charge in [-0.3, -0.25) is 0 Å². The van der Waals surface area contributed by atoms with E-state index in [0.29, 0.717) is 0 Å². The highest BCUT2D eigenvalue weighted by atomic mass is 127. The fourth-order valence-electron chi connectivity index (χ4n) is 1.90. The summed E-state index contributed by atoms with van der Waals surface area (Å²) in [6.07, 6.45) is 0. The molecule has 0 nitrogen and oxygen atoms in total. The Hall–Kier alpha value is -12.3. The first-order valence-electron chi connectivity index (χ1n) is 16.0. The van der Waals surface area contributed by atoms with E-state index in [1.165, 1.54) is 0 Å². The first-order chi connectivity index (χ1) is 31.3. The van der Waals surface area contributed by atoms with Crippen LogP contribution in [0.15, 0.2) is 345 Å². The van der Waals surface area contributed by atoms with Crippen molar-refractivity contribution in [3.05, 3.63) is 345 Å². The molecule has 0 radical (unpaired) electrons. The number of alkyl halides is 1. The summed E-state index contributed by atoms with van der Waals surface area (Å²) in [6.45, 7) is 5.26. The predicted octanol–water partition coefficient (Wildman–Crippen LogP) is 11.0. The van der Waals surface area contributed by atoms with Crippen molar-refractivity contribution in [3.8, 4) is 0 Å². The molecule has 0 fully saturated rings. The van der Waals surface area contributed by atoms with Crippen LogP contribution in [0.1, 0.15) is 6.92 Å². The van der Waals surface area contributed by atoms with Gasteiger partial charge in [-0.05, 0) is 111 Å².